The summed E-state index contributed by atoms with van der Waals surface area (Å²) in [5.74, 6) is -2.25. The molecule has 0 aromatic heterocycles. The molecule has 2 aromatic rings. The van der Waals surface area contributed by atoms with Crippen LogP contribution in [0.25, 0.3) is 0 Å². The highest BCUT2D eigenvalue weighted by atomic mass is 35.5. The average molecular weight is 311 g/mol. The standard InChI is InChI=1S/C15H13ClF2N2O/c16-12-7-11(17)8-13(18)14(12)20-15(21)10-3-1-9(2-4-10)5-6-19/h1-4,7-8H,5-6,19H2,(H,20,21). The van der Waals surface area contributed by atoms with Crippen LogP contribution >= 0.6 is 11.6 Å². The Morgan fingerprint density at radius 3 is 2.43 bits per heavy atom. The second-order valence-corrected chi connectivity index (χ2v) is 4.84. The molecule has 0 fully saturated rings. The third-order valence-electron chi connectivity index (χ3n) is 2.89. The molecule has 3 nitrogen and oxygen atoms in total. The molecule has 0 radical (unpaired) electrons. The molecule has 3 N–H and O–H groups in total. The van der Waals surface area contributed by atoms with Crippen molar-refractivity contribution in [3.8, 4) is 0 Å². The Labute approximate surface area is 125 Å². The first-order valence-corrected chi connectivity index (χ1v) is 6.64. The predicted octanol–water partition coefficient (Wildman–Crippen LogP) is 3.37. The molecule has 0 aliphatic carbocycles. The van der Waals surface area contributed by atoms with E-state index >= 15 is 0 Å². The zero-order chi connectivity index (χ0) is 15.4. The summed E-state index contributed by atoms with van der Waals surface area (Å²) >= 11 is 5.72. The maximum atomic E-state index is 13.6. The van der Waals surface area contributed by atoms with E-state index in [9.17, 15) is 13.6 Å². The van der Waals surface area contributed by atoms with Crippen molar-refractivity contribution in [2.75, 3.05) is 11.9 Å². The van der Waals surface area contributed by atoms with Gasteiger partial charge in [-0.15, -0.1) is 0 Å². The number of carbonyl (C=O) groups is 1. The van der Waals surface area contributed by atoms with E-state index in [0.717, 1.165) is 11.6 Å². The number of nitrogens with one attached hydrogen (secondary N) is 1. The van der Waals surface area contributed by atoms with Gasteiger partial charge in [-0.1, -0.05) is 23.7 Å². The maximum absolute atomic E-state index is 13.6. The SMILES string of the molecule is NCCc1ccc(C(=O)Nc2c(F)cc(F)cc2Cl)cc1. The van der Waals surface area contributed by atoms with Gasteiger partial charge in [-0.05, 0) is 36.7 Å². The Bertz CT molecular complexity index is 636. The average Bonchev–Trinajstić information content (AvgIpc) is 2.43. The van der Waals surface area contributed by atoms with Gasteiger partial charge in [0.05, 0.1) is 10.7 Å². The second kappa shape index (κ2) is 6.65. The van der Waals surface area contributed by atoms with Crippen molar-refractivity contribution in [1.82, 2.24) is 0 Å². The van der Waals surface area contributed by atoms with Crippen LogP contribution in [-0.4, -0.2) is 12.5 Å². The van der Waals surface area contributed by atoms with Crippen molar-refractivity contribution in [1.29, 1.82) is 0 Å². The zero-order valence-corrected chi connectivity index (χ0v) is 11.8. The van der Waals surface area contributed by atoms with E-state index in [4.69, 9.17) is 17.3 Å². The van der Waals surface area contributed by atoms with Crippen LogP contribution in [0, 0.1) is 11.6 Å². The number of amides is 1. The Morgan fingerprint density at radius 1 is 1.19 bits per heavy atom. The lowest BCUT2D eigenvalue weighted by atomic mass is 10.1. The Kier molecular flexibility index (Phi) is 4.88. The van der Waals surface area contributed by atoms with Crippen molar-refractivity contribution in [2.24, 2.45) is 5.73 Å². The summed E-state index contributed by atoms with van der Waals surface area (Å²) < 4.78 is 26.5. The minimum atomic E-state index is -0.923. The van der Waals surface area contributed by atoms with Crippen molar-refractivity contribution >= 4 is 23.2 Å². The first-order valence-electron chi connectivity index (χ1n) is 6.26. The van der Waals surface area contributed by atoms with Crippen LogP contribution in [0.4, 0.5) is 14.5 Å². The van der Waals surface area contributed by atoms with Crippen LogP contribution in [0.15, 0.2) is 36.4 Å². The summed E-state index contributed by atoms with van der Waals surface area (Å²) in [7, 11) is 0. The van der Waals surface area contributed by atoms with Crippen molar-refractivity contribution in [3.05, 3.63) is 64.2 Å². The molecule has 0 bridgehead atoms. The smallest absolute Gasteiger partial charge is 0.255 e. The molecule has 21 heavy (non-hydrogen) atoms. The van der Waals surface area contributed by atoms with E-state index in [1.807, 2.05) is 0 Å². The van der Waals surface area contributed by atoms with E-state index in [1.165, 1.54) is 0 Å². The van der Waals surface area contributed by atoms with Crippen LogP contribution in [-0.2, 0) is 6.42 Å². The number of halogens is 3. The van der Waals surface area contributed by atoms with E-state index < -0.39 is 17.5 Å². The van der Waals surface area contributed by atoms with Crippen molar-refractivity contribution in [3.63, 3.8) is 0 Å². The van der Waals surface area contributed by atoms with Crippen LogP contribution < -0.4 is 11.1 Å². The van der Waals surface area contributed by atoms with Crippen LogP contribution in [0.5, 0.6) is 0 Å². The highest BCUT2D eigenvalue weighted by Gasteiger charge is 2.14. The fourth-order valence-corrected chi connectivity index (χ4v) is 2.08. The number of carbonyl (C=O) groups excluding carboxylic acids is 1. The summed E-state index contributed by atoms with van der Waals surface area (Å²) in [5, 5.41) is 2.14. The summed E-state index contributed by atoms with van der Waals surface area (Å²) in [5.41, 5.74) is 6.54. The van der Waals surface area contributed by atoms with Crippen molar-refractivity contribution < 1.29 is 13.6 Å². The van der Waals surface area contributed by atoms with E-state index in [-0.39, 0.29) is 10.7 Å². The summed E-state index contributed by atoms with van der Waals surface area (Å²) in [6.45, 7) is 0.516. The number of hydrogen-bond donors (Lipinski definition) is 2. The molecule has 0 heterocycles. The molecule has 1 amide bonds. The van der Waals surface area contributed by atoms with E-state index in [2.05, 4.69) is 5.32 Å². The number of rotatable bonds is 4. The Morgan fingerprint density at radius 2 is 1.86 bits per heavy atom. The largest absolute Gasteiger partial charge is 0.330 e. The number of anilines is 1. The molecule has 0 aliphatic heterocycles. The lowest BCUT2D eigenvalue weighted by Gasteiger charge is -2.09. The van der Waals surface area contributed by atoms with Crippen molar-refractivity contribution in [2.45, 2.75) is 6.42 Å². The molecule has 0 saturated heterocycles. The Balaban J connectivity index is 2.18. The predicted molar refractivity (Wildman–Crippen MR) is 78.5 cm³/mol. The van der Waals surface area contributed by atoms with Gasteiger partial charge in [-0.25, -0.2) is 8.78 Å². The highest BCUT2D eigenvalue weighted by Crippen LogP contribution is 2.26. The van der Waals surface area contributed by atoms with Gasteiger partial charge in [-0.2, -0.15) is 0 Å². The number of hydrogen-bond acceptors (Lipinski definition) is 2. The molecule has 6 heteroatoms. The molecule has 0 atom stereocenters. The summed E-state index contributed by atoms with van der Waals surface area (Å²) in [6, 6.07) is 8.34. The molecular formula is C15H13ClF2N2O. The molecule has 0 saturated carbocycles. The van der Waals surface area contributed by atoms with Gasteiger partial charge in [0.2, 0.25) is 0 Å². The monoisotopic (exact) mass is 310 g/mol. The number of nitrogens with two attached hydrogens (primary N) is 1. The van der Waals surface area contributed by atoms with Crippen LogP contribution in [0.1, 0.15) is 15.9 Å². The molecule has 0 aliphatic rings. The van der Waals surface area contributed by atoms with Gasteiger partial charge in [-0.3, -0.25) is 4.79 Å². The normalized spacial score (nSPS) is 10.5. The van der Waals surface area contributed by atoms with Crippen LogP contribution in [0.3, 0.4) is 0 Å². The second-order valence-electron chi connectivity index (χ2n) is 4.43. The Hall–Kier alpha value is -1.98. The fraction of sp³-hybridized carbons (Fsp3) is 0.133. The fourth-order valence-electron chi connectivity index (χ4n) is 1.84. The number of benzene rings is 2. The molecule has 110 valence electrons. The quantitative estimate of drug-likeness (QED) is 0.909. The minimum absolute atomic E-state index is 0.194. The topological polar surface area (TPSA) is 55.1 Å². The van der Waals surface area contributed by atoms with Gasteiger partial charge < -0.3 is 11.1 Å². The van der Waals surface area contributed by atoms with Gasteiger partial charge in [0.25, 0.3) is 5.91 Å². The third kappa shape index (κ3) is 3.77. The van der Waals surface area contributed by atoms with E-state index in [0.29, 0.717) is 24.6 Å². The van der Waals surface area contributed by atoms with Gasteiger partial charge >= 0.3 is 0 Å². The third-order valence-corrected chi connectivity index (χ3v) is 3.19. The van der Waals surface area contributed by atoms with Gasteiger partial charge in [0, 0.05) is 11.6 Å². The maximum Gasteiger partial charge on any atom is 0.255 e. The molecule has 0 unspecified atom stereocenters. The zero-order valence-electron chi connectivity index (χ0n) is 11.0. The molecule has 0 spiro atoms. The molecular weight excluding hydrogens is 298 g/mol. The first-order chi connectivity index (χ1) is 10.0. The molecule has 2 aromatic carbocycles. The van der Waals surface area contributed by atoms with Gasteiger partial charge in [0.1, 0.15) is 5.82 Å². The first kappa shape index (κ1) is 15.4. The lowest BCUT2D eigenvalue weighted by Crippen LogP contribution is -2.14. The van der Waals surface area contributed by atoms with E-state index in [1.54, 1.807) is 24.3 Å². The summed E-state index contributed by atoms with van der Waals surface area (Å²) in [4.78, 5) is 12.0. The van der Waals surface area contributed by atoms with Gasteiger partial charge in [0.15, 0.2) is 5.82 Å². The summed E-state index contributed by atoms with van der Waals surface area (Å²) in [6.07, 6.45) is 0.709. The molecule has 2 rings (SSSR count). The van der Waals surface area contributed by atoms with Crippen LogP contribution in [0.2, 0.25) is 5.02 Å². The highest BCUT2D eigenvalue weighted by molar-refractivity contribution is 6.34. The lowest BCUT2D eigenvalue weighted by molar-refractivity contribution is 0.102. The minimum Gasteiger partial charge on any atom is -0.330 e.